The van der Waals surface area contributed by atoms with Gasteiger partial charge in [-0.05, 0) is 62.4 Å². The Balaban J connectivity index is 1.72. The summed E-state index contributed by atoms with van der Waals surface area (Å²) in [5.41, 5.74) is 6.47. The molecule has 0 saturated heterocycles. The predicted molar refractivity (Wildman–Crippen MR) is 73.4 cm³/mol. The van der Waals surface area contributed by atoms with E-state index < -0.39 is 0 Å². The van der Waals surface area contributed by atoms with Crippen molar-refractivity contribution in [3.8, 4) is 11.4 Å². The van der Waals surface area contributed by atoms with Gasteiger partial charge in [0.1, 0.15) is 5.82 Å². The zero-order chi connectivity index (χ0) is 13.9. The largest absolute Gasteiger partial charge is 0.339 e. The minimum Gasteiger partial charge on any atom is -0.339 e. The van der Waals surface area contributed by atoms with Gasteiger partial charge in [0.05, 0.1) is 0 Å². The van der Waals surface area contributed by atoms with Crippen LogP contribution in [0, 0.1) is 11.7 Å². The standard InChI is InChI=1S/C15H18FN3O/c16-13-7-5-11(6-8-13)14-18-15(20-19-14)12-3-1-10(9-17)2-4-12/h5-8,10,12H,1-4,9,17H2. The first kappa shape index (κ1) is 13.2. The Morgan fingerprint density at radius 1 is 1.15 bits per heavy atom. The normalized spacial score (nSPS) is 22.9. The topological polar surface area (TPSA) is 64.9 Å². The number of benzene rings is 1. The second kappa shape index (κ2) is 5.71. The van der Waals surface area contributed by atoms with Crippen molar-refractivity contribution in [1.82, 2.24) is 10.1 Å². The lowest BCUT2D eigenvalue weighted by atomic mass is 9.82. The van der Waals surface area contributed by atoms with Crippen molar-refractivity contribution in [3.63, 3.8) is 0 Å². The molecule has 0 radical (unpaired) electrons. The van der Waals surface area contributed by atoms with Crippen LogP contribution in [0.1, 0.15) is 37.5 Å². The van der Waals surface area contributed by atoms with Gasteiger partial charge >= 0.3 is 0 Å². The molecular weight excluding hydrogens is 257 g/mol. The van der Waals surface area contributed by atoms with Crippen LogP contribution < -0.4 is 5.73 Å². The molecule has 2 aromatic rings. The predicted octanol–water partition coefficient (Wildman–Crippen LogP) is 3.11. The van der Waals surface area contributed by atoms with E-state index >= 15 is 0 Å². The van der Waals surface area contributed by atoms with Crippen LogP contribution in [0.2, 0.25) is 0 Å². The summed E-state index contributed by atoms with van der Waals surface area (Å²) in [5.74, 6) is 1.92. The molecule has 3 rings (SSSR count). The van der Waals surface area contributed by atoms with E-state index in [4.69, 9.17) is 10.3 Å². The third kappa shape index (κ3) is 2.72. The van der Waals surface area contributed by atoms with E-state index in [1.807, 2.05) is 0 Å². The molecule has 1 saturated carbocycles. The zero-order valence-electron chi connectivity index (χ0n) is 11.3. The van der Waals surface area contributed by atoms with Crippen LogP contribution in [0.3, 0.4) is 0 Å². The third-order valence-corrected chi connectivity index (χ3v) is 4.07. The van der Waals surface area contributed by atoms with Crippen LogP contribution in [-0.2, 0) is 0 Å². The van der Waals surface area contributed by atoms with Gasteiger partial charge in [-0.3, -0.25) is 0 Å². The molecule has 20 heavy (non-hydrogen) atoms. The summed E-state index contributed by atoms with van der Waals surface area (Å²) < 4.78 is 18.3. The fraction of sp³-hybridized carbons (Fsp3) is 0.467. The van der Waals surface area contributed by atoms with Gasteiger partial charge in [-0.1, -0.05) is 5.16 Å². The monoisotopic (exact) mass is 275 g/mol. The van der Waals surface area contributed by atoms with Gasteiger partial charge in [-0.2, -0.15) is 4.98 Å². The van der Waals surface area contributed by atoms with Gasteiger partial charge in [0, 0.05) is 11.5 Å². The Labute approximate surface area is 117 Å². The fourth-order valence-corrected chi connectivity index (χ4v) is 2.76. The SMILES string of the molecule is NCC1CCC(c2nc(-c3ccc(F)cc3)no2)CC1. The highest BCUT2D eigenvalue weighted by Gasteiger charge is 2.25. The second-order valence-electron chi connectivity index (χ2n) is 5.42. The van der Waals surface area contributed by atoms with E-state index in [9.17, 15) is 4.39 Å². The fourth-order valence-electron chi connectivity index (χ4n) is 2.76. The number of nitrogens with zero attached hydrogens (tertiary/aromatic N) is 2. The zero-order valence-corrected chi connectivity index (χ0v) is 11.3. The Bertz CT molecular complexity index is 559. The molecule has 0 unspecified atom stereocenters. The van der Waals surface area contributed by atoms with Crippen molar-refractivity contribution in [3.05, 3.63) is 36.0 Å². The first-order chi connectivity index (χ1) is 9.76. The minimum absolute atomic E-state index is 0.266. The van der Waals surface area contributed by atoms with Crippen molar-refractivity contribution < 1.29 is 8.91 Å². The second-order valence-corrected chi connectivity index (χ2v) is 5.42. The first-order valence-electron chi connectivity index (χ1n) is 7.06. The molecule has 1 aromatic heterocycles. The molecule has 2 N–H and O–H groups in total. The molecule has 0 atom stereocenters. The maximum Gasteiger partial charge on any atom is 0.230 e. The van der Waals surface area contributed by atoms with Crippen LogP contribution in [0.25, 0.3) is 11.4 Å². The number of hydrogen-bond acceptors (Lipinski definition) is 4. The smallest absolute Gasteiger partial charge is 0.230 e. The van der Waals surface area contributed by atoms with Crippen molar-refractivity contribution in [1.29, 1.82) is 0 Å². The molecule has 1 aliphatic rings. The maximum atomic E-state index is 12.9. The molecule has 0 bridgehead atoms. The van der Waals surface area contributed by atoms with Crippen molar-refractivity contribution in [2.24, 2.45) is 11.7 Å². The number of hydrogen-bond donors (Lipinski definition) is 1. The summed E-state index contributed by atoms with van der Waals surface area (Å²) >= 11 is 0. The number of aromatic nitrogens is 2. The number of nitrogens with two attached hydrogens (primary N) is 1. The van der Waals surface area contributed by atoms with E-state index in [1.165, 1.54) is 12.1 Å². The molecule has 5 heteroatoms. The molecule has 1 aliphatic carbocycles. The van der Waals surface area contributed by atoms with Crippen LogP contribution in [0.4, 0.5) is 4.39 Å². The van der Waals surface area contributed by atoms with Gasteiger partial charge in [0.2, 0.25) is 11.7 Å². The van der Waals surface area contributed by atoms with Crippen LogP contribution in [-0.4, -0.2) is 16.7 Å². The summed E-state index contributed by atoms with van der Waals surface area (Å²) in [4.78, 5) is 4.45. The molecular formula is C15H18FN3O. The molecule has 1 fully saturated rings. The Hall–Kier alpha value is -1.75. The van der Waals surface area contributed by atoms with E-state index in [-0.39, 0.29) is 5.82 Å². The lowest BCUT2D eigenvalue weighted by Gasteiger charge is -2.24. The summed E-state index contributed by atoms with van der Waals surface area (Å²) in [7, 11) is 0. The number of halogens is 1. The maximum absolute atomic E-state index is 12.9. The van der Waals surface area contributed by atoms with Gasteiger partial charge in [0.15, 0.2) is 0 Å². The van der Waals surface area contributed by atoms with Crippen LogP contribution >= 0.6 is 0 Å². The van der Waals surface area contributed by atoms with E-state index in [0.29, 0.717) is 23.6 Å². The van der Waals surface area contributed by atoms with Gasteiger partial charge in [0.25, 0.3) is 0 Å². The molecule has 4 nitrogen and oxygen atoms in total. The highest BCUT2D eigenvalue weighted by Crippen LogP contribution is 2.35. The van der Waals surface area contributed by atoms with Gasteiger partial charge in [-0.15, -0.1) is 0 Å². The highest BCUT2D eigenvalue weighted by atomic mass is 19.1. The first-order valence-corrected chi connectivity index (χ1v) is 7.06. The highest BCUT2D eigenvalue weighted by molar-refractivity contribution is 5.53. The molecule has 0 aliphatic heterocycles. The van der Waals surface area contributed by atoms with E-state index in [0.717, 1.165) is 37.8 Å². The Morgan fingerprint density at radius 2 is 1.85 bits per heavy atom. The van der Waals surface area contributed by atoms with Crippen LogP contribution in [0.5, 0.6) is 0 Å². The van der Waals surface area contributed by atoms with Crippen molar-refractivity contribution in [2.75, 3.05) is 6.54 Å². The van der Waals surface area contributed by atoms with Crippen LogP contribution in [0.15, 0.2) is 28.8 Å². The summed E-state index contributed by atoms with van der Waals surface area (Å²) in [6.45, 7) is 0.761. The average molecular weight is 275 g/mol. The lowest BCUT2D eigenvalue weighted by Crippen LogP contribution is -2.20. The quantitative estimate of drug-likeness (QED) is 0.934. The van der Waals surface area contributed by atoms with E-state index in [1.54, 1.807) is 12.1 Å². The third-order valence-electron chi connectivity index (χ3n) is 4.07. The Kier molecular flexibility index (Phi) is 3.78. The van der Waals surface area contributed by atoms with Gasteiger partial charge < -0.3 is 10.3 Å². The van der Waals surface area contributed by atoms with Gasteiger partial charge in [-0.25, -0.2) is 4.39 Å². The summed E-state index contributed by atoms with van der Waals surface area (Å²) in [6.07, 6.45) is 4.34. The minimum atomic E-state index is -0.266. The molecule has 1 heterocycles. The average Bonchev–Trinajstić information content (AvgIpc) is 2.98. The lowest BCUT2D eigenvalue weighted by molar-refractivity contribution is 0.275. The van der Waals surface area contributed by atoms with E-state index in [2.05, 4.69) is 10.1 Å². The summed E-state index contributed by atoms with van der Waals surface area (Å²) in [6, 6.07) is 6.13. The molecule has 1 aromatic carbocycles. The Morgan fingerprint density at radius 3 is 2.50 bits per heavy atom. The molecule has 0 amide bonds. The molecule has 106 valence electrons. The summed E-state index contributed by atoms with van der Waals surface area (Å²) in [5, 5.41) is 4.00. The van der Waals surface area contributed by atoms with Crippen molar-refractivity contribution >= 4 is 0 Å². The van der Waals surface area contributed by atoms with Crippen molar-refractivity contribution in [2.45, 2.75) is 31.6 Å². The number of rotatable bonds is 3. The molecule has 0 spiro atoms.